The second-order valence-corrected chi connectivity index (χ2v) is 5.03. The summed E-state index contributed by atoms with van der Waals surface area (Å²) in [5.41, 5.74) is 0. The molecule has 0 amide bonds. The summed E-state index contributed by atoms with van der Waals surface area (Å²) in [5, 5.41) is 8.90. The number of carbonyl (C=O) groups is 1. The third-order valence-electron chi connectivity index (χ3n) is 2.99. The Morgan fingerprint density at radius 3 is 2.40 bits per heavy atom. The molecule has 1 rings (SSSR count). The molecule has 0 saturated heterocycles. The predicted molar refractivity (Wildman–Crippen MR) is 60.8 cm³/mol. The molecule has 0 bridgehead atoms. The third kappa shape index (κ3) is 4.20. The predicted octanol–water partition coefficient (Wildman–Crippen LogP) is 2.22. The van der Waals surface area contributed by atoms with Crippen molar-refractivity contribution >= 4 is 5.97 Å². The summed E-state index contributed by atoms with van der Waals surface area (Å²) in [6.45, 7) is 7.57. The van der Waals surface area contributed by atoms with Crippen molar-refractivity contribution in [2.75, 3.05) is 13.1 Å². The van der Waals surface area contributed by atoms with Crippen molar-refractivity contribution in [2.24, 2.45) is 11.8 Å². The molecular formula is C12H23NO2. The summed E-state index contributed by atoms with van der Waals surface area (Å²) in [7, 11) is 0. The van der Waals surface area contributed by atoms with Gasteiger partial charge in [0.2, 0.25) is 0 Å². The molecule has 0 heterocycles. The van der Waals surface area contributed by atoms with Gasteiger partial charge in [-0.15, -0.1) is 0 Å². The highest BCUT2D eigenvalue weighted by Gasteiger charge is 2.34. The van der Waals surface area contributed by atoms with Crippen molar-refractivity contribution in [1.82, 2.24) is 4.90 Å². The van der Waals surface area contributed by atoms with Gasteiger partial charge in [-0.2, -0.15) is 0 Å². The van der Waals surface area contributed by atoms with Crippen molar-refractivity contribution in [2.45, 2.75) is 46.1 Å². The second kappa shape index (κ2) is 5.50. The summed E-state index contributed by atoms with van der Waals surface area (Å²) >= 11 is 0. The van der Waals surface area contributed by atoms with Crippen LogP contribution in [0, 0.1) is 11.8 Å². The molecule has 3 nitrogen and oxygen atoms in total. The second-order valence-electron chi connectivity index (χ2n) is 5.03. The van der Waals surface area contributed by atoms with E-state index in [1.54, 1.807) is 0 Å². The highest BCUT2D eigenvalue weighted by molar-refractivity contribution is 5.69. The zero-order chi connectivity index (χ0) is 11.4. The zero-order valence-corrected chi connectivity index (χ0v) is 10.1. The van der Waals surface area contributed by atoms with Crippen LogP contribution in [0.15, 0.2) is 0 Å². The topological polar surface area (TPSA) is 40.5 Å². The number of hydrogen-bond donors (Lipinski definition) is 1. The zero-order valence-electron chi connectivity index (χ0n) is 10.1. The molecule has 1 atom stereocenters. The molecule has 88 valence electrons. The minimum atomic E-state index is -0.699. The van der Waals surface area contributed by atoms with E-state index >= 15 is 0 Å². The van der Waals surface area contributed by atoms with Crippen LogP contribution in [0.1, 0.15) is 40.0 Å². The fraction of sp³-hybridized carbons (Fsp3) is 0.917. The van der Waals surface area contributed by atoms with E-state index in [2.05, 4.69) is 25.7 Å². The lowest BCUT2D eigenvalue weighted by Gasteiger charge is -2.31. The van der Waals surface area contributed by atoms with E-state index in [0.717, 1.165) is 18.9 Å². The first-order chi connectivity index (χ1) is 7.04. The Bertz CT molecular complexity index is 212. The minimum absolute atomic E-state index is 0.202. The summed E-state index contributed by atoms with van der Waals surface area (Å²) in [4.78, 5) is 13.0. The summed E-state index contributed by atoms with van der Waals surface area (Å²) < 4.78 is 0. The van der Waals surface area contributed by atoms with E-state index in [0.29, 0.717) is 12.0 Å². The average Bonchev–Trinajstić information content (AvgIpc) is 2.86. The maximum Gasteiger partial charge on any atom is 0.317 e. The molecule has 0 aromatic rings. The van der Waals surface area contributed by atoms with Crippen LogP contribution in [0.5, 0.6) is 0 Å². The van der Waals surface area contributed by atoms with Gasteiger partial charge in [0.25, 0.3) is 0 Å². The smallest absolute Gasteiger partial charge is 0.317 e. The van der Waals surface area contributed by atoms with E-state index in [4.69, 9.17) is 5.11 Å². The Morgan fingerprint density at radius 1 is 1.47 bits per heavy atom. The van der Waals surface area contributed by atoms with Crippen LogP contribution >= 0.6 is 0 Å². The molecular weight excluding hydrogens is 190 g/mol. The van der Waals surface area contributed by atoms with E-state index < -0.39 is 5.97 Å². The largest absolute Gasteiger partial charge is 0.480 e. The maximum absolute atomic E-state index is 10.8. The summed E-state index contributed by atoms with van der Waals surface area (Å²) in [6.07, 6.45) is 3.64. The van der Waals surface area contributed by atoms with Gasteiger partial charge >= 0.3 is 5.97 Å². The number of aliphatic carboxylic acids is 1. The Kier molecular flexibility index (Phi) is 4.58. The SMILES string of the molecule is CCC(C1CC1)N(CC(=O)O)CC(C)C. The van der Waals surface area contributed by atoms with Crippen LogP contribution in [-0.4, -0.2) is 35.1 Å². The van der Waals surface area contributed by atoms with Gasteiger partial charge in [-0.05, 0) is 31.1 Å². The lowest BCUT2D eigenvalue weighted by atomic mass is 10.1. The standard InChI is InChI=1S/C12H23NO2/c1-4-11(10-5-6-10)13(7-9(2)3)8-12(14)15/h9-11H,4-8H2,1-3H3,(H,14,15). The van der Waals surface area contributed by atoms with Crippen molar-refractivity contribution in [1.29, 1.82) is 0 Å². The molecule has 0 radical (unpaired) electrons. The van der Waals surface area contributed by atoms with Crippen LogP contribution in [0.3, 0.4) is 0 Å². The van der Waals surface area contributed by atoms with Crippen LogP contribution in [0.25, 0.3) is 0 Å². The molecule has 0 spiro atoms. The Hall–Kier alpha value is -0.570. The lowest BCUT2D eigenvalue weighted by Crippen LogP contribution is -2.42. The van der Waals surface area contributed by atoms with Crippen molar-refractivity contribution < 1.29 is 9.90 Å². The van der Waals surface area contributed by atoms with Crippen molar-refractivity contribution in [3.63, 3.8) is 0 Å². The van der Waals surface area contributed by atoms with Gasteiger partial charge in [-0.1, -0.05) is 20.8 Å². The molecule has 1 fully saturated rings. The summed E-state index contributed by atoms with van der Waals surface area (Å²) in [6, 6.07) is 0.489. The molecule has 0 aliphatic heterocycles. The van der Waals surface area contributed by atoms with Gasteiger partial charge in [0.05, 0.1) is 6.54 Å². The molecule has 0 aromatic heterocycles. The number of hydrogen-bond acceptors (Lipinski definition) is 2. The van der Waals surface area contributed by atoms with Crippen LogP contribution in [0.2, 0.25) is 0 Å². The monoisotopic (exact) mass is 213 g/mol. The van der Waals surface area contributed by atoms with Crippen LogP contribution in [0.4, 0.5) is 0 Å². The molecule has 1 saturated carbocycles. The van der Waals surface area contributed by atoms with E-state index in [-0.39, 0.29) is 6.54 Å². The van der Waals surface area contributed by atoms with E-state index in [1.807, 2.05) is 0 Å². The number of nitrogens with zero attached hydrogens (tertiary/aromatic N) is 1. The van der Waals surface area contributed by atoms with Crippen LogP contribution in [-0.2, 0) is 4.79 Å². The Morgan fingerprint density at radius 2 is 2.07 bits per heavy atom. The molecule has 1 unspecified atom stereocenters. The number of carboxylic acids is 1. The van der Waals surface area contributed by atoms with Gasteiger partial charge < -0.3 is 5.11 Å². The summed E-state index contributed by atoms with van der Waals surface area (Å²) in [5.74, 6) is 0.597. The first-order valence-corrected chi connectivity index (χ1v) is 6.00. The van der Waals surface area contributed by atoms with Crippen molar-refractivity contribution in [3.05, 3.63) is 0 Å². The number of carboxylic acid groups (broad SMARTS) is 1. The van der Waals surface area contributed by atoms with E-state index in [9.17, 15) is 4.79 Å². The minimum Gasteiger partial charge on any atom is -0.480 e. The average molecular weight is 213 g/mol. The van der Waals surface area contributed by atoms with Crippen LogP contribution < -0.4 is 0 Å². The molecule has 1 aliphatic rings. The molecule has 3 heteroatoms. The molecule has 1 aliphatic carbocycles. The third-order valence-corrected chi connectivity index (χ3v) is 2.99. The molecule has 0 aromatic carbocycles. The van der Waals surface area contributed by atoms with Gasteiger partial charge in [0, 0.05) is 12.6 Å². The number of rotatable bonds is 7. The fourth-order valence-electron chi connectivity index (χ4n) is 2.33. The fourth-order valence-corrected chi connectivity index (χ4v) is 2.33. The Labute approximate surface area is 92.5 Å². The van der Waals surface area contributed by atoms with Gasteiger partial charge in [-0.3, -0.25) is 9.69 Å². The Balaban J connectivity index is 2.55. The maximum atomic E-state index is 10.8. The molecule has 15 heavy (non-hydrogen) atoms. The highest BCUT2D eigenvalue weighted by atomic mass is 16.4. The van der Waals surface area contributed by atoms with Crippen molar-refractivity contribution in [3.8, 4) is 0 Å². The first-order valence-electron chi connectivity index (χ1n) is 6.00. The van der Waals surface area contributed by atoms with Gasteiger partial charge in [0.1, 0.15) is 0 Å². The van der Waals surface area contributed by atoms with E-state index in [1.165, 1.54) is 12.8 Å². The molecule has 1 N–H and O–H groups in total. The lowest BCUT2D eigenvalue weighted by molar-refractivity contribution is -0.139. The first kappa shape index (κ1) is 12.5. The van der Waals surface area contributed by atoms with Gasteiger partial charge in [-0.25, -0.2) is 0 Å². The highest BCUT2D eigenvalue weighted by Crippen LogP contribution is 2.37. The van der Waals surface area contributed by atoms with Gasteiger partial charge in [0.15, 0.2) is 0 Å². The quantitative estimate of drug-likeness (QED) is 0.705. The normalized spacial score (nSPS) is 18.5.